The lowest BCUT2D eigenvalue weighted by molar-refractivity contribution is 0.0761. The smallest absolute Gasteiger partial charge is 0.272 e. The van der Waals surface area contributed by atoms with E-state index < -0.39 is 0 Å². The number of amides is 1. The van der Waals surface area contributed by atoms with Crippen molar-refractivity contribution in [1.82, 2.24) is 24.8 Å². The standard InChI is InChI=1S/C15H17BrN6OS/c1-24-15-18-9-11(16)13(20-15)21-5-2-6-22(8-7-21)14(23)12-3-4-17-10-19-12/h3-4,9-10H,2,5-8H2,1H3. The van der Waals surface area contributed by atoms with Crippen molar-refractivity contribution in [3.8, 4) is 0 Å². The number of hydrogen-bond acceptors (Lipinski definition) is 7. The Morgan fingerprint density at radius 1 is 1.25 bits per heavy atom. The molecule has 0 radical (unpaired) electrons. The number of hydrogen-bond donors (Lipinski definition) is 0. The minimum atomic E-state index is -0.0502. The first-order valence-corrected chi connectivity index (χ1v) is 9.57. The normalized spacial score (nSPS) is 15.2. The highest BCUT2D eigenvalue weighted by atomic mass is 79.9. The molecule has 0 unspecified atom stereocenters. The third kappa shape index (κ3) is 3.84. The number of nitrogens with zero attached hydrogens (tertiary/aromatic N) is 6. The van der Waals surface area contributed by atoms with Gasteiger partial charge in [-0.25, -0.2) is 19.9 Å². The second-order valence-electron chi connectivity index (χ2n) is 5.26. The predicted octanol–water partition coefficient (Wildman–Crippen LogP) is 2.10. The Labute approximate surface area is 153 Å². The average molecular weight is 409 g/mol. The Balaban J connectivity index is 1.72. The summed E-state index contributed by atoms with van der Waals surface area (Å²) < 4.78 is 0.871. The molecule has 0 bridgehead atoms. The molecule has 0 N–H and O–H groups in total. The van der Waals surface area contributed by atoms with Crippen molar-refractivity contribution in [2.24, 2.45) is 0 Å². The summed E-state index contributed by atoms with van der Waals surface area (Å²) >= 11 is 5.04. The lowest BCUT2D eigenvalue weighted by atomic mass is 10.3. The molecular weight excluding hydrogens is 392 g/mol. The van der Waals surface area contributed by atoms with Crippen molar-refractivity contribution >= 4 is 39.4 Å². The predicted molar refractivity (Wildman–Crippen MR) is 96.3 cm³/mol. The maximum Gasteiger partial charge on any atom is 0.272 e. The van der Waals surface area contributed by atoms with Crippen molar-refractivity contribution in [2.45, 2.75) is 11.6 Å². The largest absolute Gasteiger partial charge is 0.354 e. The molecule has 7 nitrogen and oxygen atoms in total. The fourth-order valence-corrected chi connectivity index (χ4v) is 3.35. The zero-order valence-corrected chi connectivity index (χ0v) is 15.6. The zero-order chi connectivity index (χ0) is 16.9. The van der Waals surface area contributed by atoms with Crippen LogP contribution in [0.3, 0.4) is 0 Å². The van der Waals surface area contributed by atoms with Crippen molar-refractivity contribution in [3.05, 3.63) is 35.0 Å². The number of carbonyl (C=O) groups is 1. The summed E-state index contributed by atoms with van der Waals surface area (Å²) in [5.74, 6) is 0.830. The maximum atomic E-state index is 12.5. The molecule has 2 aromatic heterocycles. The number of anilines is 1. The van der Waals surface area contributed by atoms with Gasteiger partial charge >= 0.3 is 0 Å². The van der Waals surface area contributed by atoms with E-state index in [0.717, 1.165) is 35.0 Å². The van der Waals surface area contributed by atoms with Gasteiger partial charge in [0.15, 0.2) is 5.16 Å². The molecule has 0 spiro atoms. The van der Waals surface area contributed by atoms with E-state index in [0.29, 0.717) is 18.8 Å². The molecule has 0 atom stereocenters. The van der Waals surface area contributed by atoms with E-state index in [9.17, 15) is 4.79 Å². The van der Waals surface area contributed by atoms with E-state index >= 15 is 0 Å². The van der Waals surface area contributed by atoms with Crippen molar-refractivity contribution < 1.29 is 4.79 Å². The number of rotatable bonds is 3. The van der Waals surface area contributed by atoms with Crippen molar-refractivity contribution in [1.29, 1.82) is 0 Å². The van der Waals surface area contributed by atoms with Gasteiger partial charge in [-0.15, -0.1) is 0 Å². The molecule has 3 rings (SSSR count). The summed E-state index contributed by atoms with van der Waals surface area (Å²) in [5.41, 5.74) is 0.436. The van der Waals surface area contributed by atoms with Gasteiger partial charge in [-0.1, -0.05) is 11.8 Å². The third-order valence-corrected chi connectivity index (χ3v) is 4.89. The van der Waals surface area contributed by atoms with Gasteiger partial charge < -0.3 is 9.80 Å². The Morgan fingerprint density at radius 2 is 2.12 bits per heavy atom. The van der Waals surface area contributed by atoms with Crippen LogP contribution in [0, 0.1) is 0 Å². The lowest BCUT2D eigenvalue weighted by Gasteiger charge is -2.23. The van der Waals surface area contributed by atoms with E-state index in [1.807, 2.05) is 11.2 Å². The second kappa shape index (κ2) is 7.89. The number of aromatic nitrogens is 4. The fraction of sp³-hybridized carbons (Fsp3) is 0.400. The summed E-state index contributed by atoms with van der Waals surface area (Å²) in [7, 11) is 0. The molecule has 0 aliphatic carbocycles. The fourth-order valence-electron chi connectivity index (χ4n) is 2.57. The molecule has 126 valence electrons. The molecule has 1 aliphatic heterocycles. The van der Waals surface area contributed by atoms with Crippen LogP contribution >= 0.6 is 27.7 Å². The minimum absolute atomic E-state index is 0.0502. The first kappa shape index (κ1) is 17.1. The van der Waals surface area contributed by atoms with Gasteiger partial charge in [-0.2, -0.15) is 0 Å². The van der Waals surface area contributed by atoms with Gasteiger partial charge in [-0.05, 0) is 34.7 Å². The van der Waals surface area contributed by atoms with Gasteiger partial charge in [0, 0.05) is 38.6 Å². The van der Waals surface area contributed by atoms with Crippen LogP contribution in [0.15, 0.2) is 34.4 Å². The van der Waals surface area contributed by atoms with Gasteiger partial charge in [0.25, 0.3) is 5.91 Å². The quantitative estimate of drug-likeness (QED) is 0.568. The van der Waals surface area contributed by atoms with E-state index in [1.165, 1.54) is 18.1 Å². The molecule has 1 aliphatic rings. The summed E-state index contributed by atoms with van der Waals surface area (Å²) in [4.78, 5) is 33.3. The van der Waals surface area contributed by atoms with Gasteiger partial charge in [0.2, 0.25) is 0 Å². The van der Waals surface area contributed by atoms with Crippen molar-refractivity contribution in [3.63, 3.8) is 0 Å². The van der Waals surface area contributed by atoms with Crippen molar-refractivity contribution in [2.75, 3.05) is 37.3 Å². The molecule has 1 amide bonds. The topological polar surface area (TPSA) is 75.1 Å². The summed E-state index contributed by atoms with van der Waals surface area (Å²) in [6.07, 6.45) is 7.61. The molecule has 24 heavy (non-hydrogen) atoms. The van der Waals surface area contributed by atoms with E-state index in [2.05, 4.69) is 40.8 Å². The molecule has 0 saturated carbocycles. The molecule has 9 heteroatoms. The molecule has 3 heterocycles. The molecule has 2 aromatic rings. The van der Waals surface area contributed by atoms with Gasteiger partial charge in [-0.3, -0.25) is 4.79 Å². The van der Waals surface area contributed by atoms with E-state index in [4.69, 9.17) is 0 Å². The lowest BCUT2D eigenvalue weighted by Crippen LogP contribution is -2.36. The zero-order valence-electron chi connectivity index (χ0n) is 13.2. The highest BCUT2D eigenvalue weighted by Crippen LogP contribution is 2.26. The summed E-state index contributed by atoms with van der Waals surface area (Å²) in [5, 5.41) is 0.742. The molecule has 1 fully saturated rings. The van der Waals surface area contributed by atoms with Crippen LogP contribution < -0.4 is 4.90 Å². The first-order chi connectivity index (χ1) is 11.7. The summed E-state index contributed by atoms with van der Waals surface area (Å²) in [6, 6.07) is 1.65. The Kier molecular flexibility index (Phi) is 5.62. The maximum absolute atomic E-state index is 12.5. The Bertz CT molecular complexity index is 716. The average Bonchev–Trinajstić information content (AvgIpc) is 2.88. The van der Waals surface area contributed by atoms with E-state index in [1.54, 1.807) is 18.5 Å². The highest BCUT2D eigenvalue weighted by Gasteiger charge is 2.23. The van der Waals surface area contributed by atoms with Crippen LogP contribution in [0.5, 0.6) is 0 Å². The summed E-state index contributed by atoms with van der Waals surface area (Å²) in [6.45, 7) is 2.91. The number of halogens is 1. The van der Waals surface area contributed by atoms with Gasteiger partial charge in [0.1, 0.15) is 17.8 Å². The highest BCUT2D eigenvalue weighted by molar-refractivity contribution is 9.10. The first-order valence-electron chi connectivity index (χ1n) is 7.56. The molecule has 1 saturated heterocycles. The monoisotopic (exact) mass is 408 g/mol. The van der Waals surface area contributed by atoms with E-state index in [-0.39, 0.29) is 5.91 Å². The van der Waals surface area contributed by atoms with Crippen LogP contribution in [0.2, 0.25) is 0 Å². The second-order valence-corrected chi connectivity index (χ2v) is 6.88. The Morgan fingerprint density at radius 3 is 2.88 bits per heavy atom. The van der Waals surface area contributed by atoms with Gasteiger partial charge in [0.05, 0.1) is 4.47 Å². The van der Waals surface area contributed by atoms with Crippen LogP contribution in [-0.2, 0) is 0 Å². The minimum Gasteiger partial charge on any atom is -0.354 e. The van der Waals surface area contributed by atoms with Crippen LogP contribution in [0.1, 0.15) is 16.9 Å². The third-order valence-electron chi connectivity index (χ3n) is 3.77. The van der Waals surface area contributed by atoms with Crippen LogP contribution in [0.25, 0.3) is 0 Å². The van der Waals surface area contributed by atoms with Crippen LogP contribution in [-0.4, -0.2) is 63.2 Å². The molecule has 0 aromatic carbocycles. The number of carbonyl (C=O) groups excluding carboxylic acids is 1. The molecular formula is C15H17BrN6OS. The van der Waals surface area contributed by atoms with Crippen LogP contribution in [0.4, 0.5) is 5.82 Å². The Hall–Kier alpha value is -1.74. The number of thioether (sulfide) groups is 1. The SMILES string of the molecule is CSc1ncc(Br)c(N2CCCN(C(=O)c3ccncn3)CC2)n1.